The van der Waals surface area contributed by atoms with Gasteiger partial charge in [0.2, 0.25) is 0 Å². The number of rotatable bonds is 5. The molecule has 23 heavy (non-hydrogen) atoms. The molecular weight excluding hydrogens is 310 g/mol. The molecule has 2 rings (SSSR count). The maximum absolute atomic E-state index is 12.4. The highest BCUT2D eigenvalue weighted by molar-refractivity contribution is 6.30. The van der Waals surface area contributed by atoms with Gasteiger partial charge in [-0.05, 0) is 62.3 Å². The maximum Gasteiger partial charge on any atom is 0.262 e. The molecule has 1 fully saturated rings. The summed E-state index contributed by atoms with van der Waals surface area (Å²) in [5.41, 5.74) is 5.81. The molecule has 0 aliphatic heterocycles. The number of benzene rings is 1. The summed E-state index contributed by atoms with van der Waals surface area (Å²) >= 11 is 5.97. The van der Waals surface area contributed by atoms with E-state index in [1.807, 2.05) is 32.0 Å². The second-order valence-corrected chi connectivity index (χ2v) is 6.73. The molecule has 5 heteroatoms. The first-order valence-corrected chi connectivity index (χ1v) is 8.78. The molecule has 1 aromatic carbocycles. The first-order chi connectivity index (χ1) is 11.0. The summed E-state index contributed by atoms with van der Waals surface area (Å²) < 4.78 is 0. The third kappa shape index (κ3) is 4.96. The van der Waals surface area contributed by atoms with Gasteiger partial charge in [0.15, 0.2) is 0 Å². The molecule has 2 N–H and O–H groups in total. The molecule has 0 unspecified atom stereocenters. The van der Waals surface area contributed by atoms with Crippen molar-refractivity contribution in [3.05, 3.63) is 28.8 Å². The number of halogens is 1. The van der Waals surface area contributed by atoms with Gasteiger partial charge in [-0.1, -0.05) is 31.9 Å². The third-order valence-electron chi connectivity index (χ3n) is 4.44. The summed E-state index contributed by atoms with van der Waals surface area (Å²) in [6.45, 7) is 6.14. The Balaban J connectivity index is 1.99. The molecule has 0 heterocycles. The Morgan fingerprint density at radius 3 is 2.87 bits per heavy atom. The van der Waals surface area contributed by atoms with E-state index in [0.29, 0.717) is 17.4 Å². The molecule has 0 saturated heterocycles. The zero-order valence-electron chi connectivity index (χ0n) is 14.2. The van der Waals surface area contributed by atoms with Gasteiger partial charge in [0.05, 0.1) is 0 Å². The van der Waals surface area contributed by atoms with E-state index in [9.17, 15) is 4.79 Å². The van der Waals surface area contributed by atoms with E-state index in [2.05, 4.69) is 22.8 Å². The van der Waals surface area contributed by atoms with E-state index < -0.39 is 0 Å². The number of hydrazone groups is 1. The number of nitrogens with zero attached hydrogens (tertiary/aromatic N) is 1. The minimum atomic E-state index is -0.307. The van der Waals surface area contributed by atoms with E-state index in [0.717, 1.165) is 29.8 Å². The topological polar surface area (TPSA) is 53.5 Å². The summed E-state index contributed by atoms with van der Waals surface area (Å²) in [6, 6.07) is 5.31. The fraction of sp³-hybridized carbons (Fsp3) is 0.556. The van der Waals surface area contributed by atoms with Gasteiger partial charge in [-0.15, -0.1) is 0 Å². The molecule has 1 aromatic rings. The molecule has 1 aliphatic carbocycles. The smallest absolute Gasteiger partial charge is 0.262 e. The standard InChI is InChI=1S/C18H26ClN3O/c1-4-15(20-16-10-9-14(19)11-13(16)3)18(23)22-21-17-8-6-5-7-12(17)2/h9-12,15,20H,4-8H2,1-3H3,(H,22,23)/t12-,15+/m0/s1. The summed E-state index contributed by atoms with van der Waals surface area (Å²) in [6.07, 6.45) is 5.26. The van der Waals surface area contributed by atoms with E-state index in [-0.39, 0.29) is 11.9 Å². The van der Waals surface area contributed by atoms with Gasteiger partial charge < -0.3 is 5.32 Å². The Bertz CT molecular complexity index is 586. The van der Waals surface area contributed by atoms with Gasteiger partial charge in [-0.25, -0.2) is 5.43 Å². The fourth-order valence-electron chi connectivity index (χ4n) is 2.87. The molecule has 126 valence electrons. The van der Waals surface area contributed by atoms with E-state index in [1.165, 1.54) is 12.8 Å². The van der Waals surface area contributed by atoms with Crippen molar-refractivity contribution in [2.45, 2.75) is 58.9 Å². The predicted molar refractivity (Wildman–Crippen MR) is 97.1 cm³/mol. The minimum absolute atomic E-state index is 0.0906. The maximum atomic E-state index is 12.4. The summed E-state index contributed by atoms with van der Waals surface area (Å²) in [4.78, 5) is 12.4. The highest BCUT2D eigenvalue weighted by Gasteiger charge is 2.19. The lowest BCUT2D eigenvalue weighted by atomic mass is 9.89. The summed E-state index contributed by atoms with van der Waals surface area (Å²) in [5.74, 6) is 0.378. The Morgan fingerprint density at radius 1 is 1.43 bits per heavy atom. The molecule has 0 bridgehead atoms. The number of carbonyl (C=O) groups is 1. The van der Waals surface area contributed by atoms with Crippen molar-refractivity contribution in [2.75, 3.05) is 5.32 Å². The molecule has 1 aliphatic rings. The zero-order valence-corrected chi connectivity index (χ0v) is 14.9. The number of carbonyl (C=O) groups excluding carboxylic acids is 1. The number of nitrogens with one attached hydrogen (secondary N) is 2. The van der Waals surface area contributed by atoms with Crippen LogP contribution in [0, 0.1) is 12.8 Å². The van der Waals surface area contributed by atoms with E-state index in [1.54, 1.807) is 0 Å². The van der Waals surface area contributed by atoms with Crippen LogP contribution in [0.25, 0.3) is 0 Å². The van der Waals surface area contributed by atoms with E-state index >= 15 is 0 Å². The first kappa shape index (κ1) is 17.8. The minimum Gasteiger partial charge on any atom is -0.373 e. The SMILES string of the molecule is CC[C@@H](Nc1ccc(Cl)cc1C)C(=O)NN=C1CCCC[C@@H]1C. The Labute approximate surface area is 143 Å². The third-order valence-corrected chi connectivity index (χ3v) is 4.68. The van der Waals surface area contributed by atoms with Crippen molar-refractivity contribution >= 4 is 28.9 Å². The summed E-state index contributed by atoms with van der Waals surface area (Å²) in [5, 5.41) is 8.35. The average Bonchev–Trinajstić information content (AvgIpc) is 2.53. The van der Waals surface area contributed by atoms with Crippen LogP contribution < -0.4 is 10.7 Å². The lowest BCUT2D eigenvalue weighted by Crippen LogP contribution is -2.38. The van der Waals surface area contributed by atoms with Crippen molar-refractivity contribution in [3.63, 3.8) is 0 Å². The van der Waals surface area contributed by atoms with Crippen LogP contribution >= 0.6 is 11.6 Å². The van der Waals surface area contributed by atoms with Gasteiger partial charge in [0.25, 0.3) is 5.91 Å². The lowest BCUT2D eigenvalue weighted by molar-refractivity contribution is -0.121. The number of aryl methyl sites for hydroxylation is 1. The number of anilines is 1. The number of amides is 1. The summed E-state index contributed by atoms with van der Waals surface area (Å²) in [7, 11) is 0. The van der Waals surface area contributed by atoms with Crippen LogP contribution in [0.4, 0.5) is 5.69 Å². The van der Waals surface area contributed by atoms with Crippen LogP contribution in [0.5, 0.6) is 0 Å². The van der Waals surface area contributed by atoms with Gasteiger partial charge in [-0.3, -0.25) is 4.79 Å². The molecule has 0 radical (unpaired) electrons. The molecule has 2 atom stereocenters. The second kappa shape index (κ2) is 8.34. The fourth-order valence-corrected chi connectivity index (χ4v) is 3.10. The molecule has 1 amide bonds. The monoisotopic (exact) mass is 335 g/mol. The van der Waals surface area contributed by atoms with E-state index in [4.69, 9.17) is 11.6 Å². The van der Waals surface area contributed by atoms with Crippen LogP contribution in [-0.2, 0) is 4.79 Å². The lowest BCUT2D eigenvalue weighted by Gasteiger charge is -2.21. The van der Waals surface area contributed by atoms with Crippen LogP contribution in [0.1, 0.15) is 51.5 Å². The largest absolute Gasteiger partial charge is 0.373 e. The normalized spacial score (nSPS) is 21.0. The van der Waals surface area contributed by atoms with Gasteiger partial charge in [0, 0.05) is 16.4 Å². The molecule has 0 aromatic heterocycles. The van der Waals surface area contributed by atoms with Crippen LogP contribution in [-0.4, -0.2) is 17.7 Å². The Morgan fingerprint density at radius 2 is 2.22 bits per heavy atom. The van der Waals surface area contributed by atoms with Gasteiger partial charge in [0.1, 0.15) is 6.04 Å². The van der Waals surface area contributed by atoms with Crippen molar-refractivity contribution in [1.29, 1.82) is 0 Å². The second-order valence-electron chi connectivity index (χ2n) is 6.29. The first-order valence-electron chi connectivity index (χ1n) is 8.40. The molecule has 1 saturated carbocycles. The Kier molecular flexibility index (Phi) is 6.46. The predicted octanol–water partition coefficient (Wildman–Crippen LogP) is 4.52. The van der Waals surface area contributed by atoms with Crippen LogP contribution in [0.3, 0.4) is 0 Å². The van der Waals surface area contributed by atoms with Gasteiger partial charge >= 0.3 is 0 Å². The highest BCUT2D eigenvalue weighted by Crippen LogP contribution is 2.22. The van der Waals surface area contributed by atoms with Crippen molar-refractivity contribution in [1.82, 2.24) is 5.43 Å². The number of hydrogen-bond donors (Lipinski definition) is 2. The quantitative estimate of drug-likeness (QED) is 0.777. The van der Waals surface area contributed by atoms with Crippen LogP contribution in [0.15, 0.2) is 23.3 Å². The Hall–Kier alpha value is -1.55. The van der Waals surface area contributed by atoms with Crippen molar-refractivity contribution in [3.8, 4) is 0 Å². The van der Waals surface area contributed by atoms with Crippen LogP contribution in [0.2, 0.25) is 5.02 Å². The molecular formula is C18H26ClN3O. The zero-order chi connectivity index (χ0) is 16.8. The molecule has 4 nitrogen and oxygen atoms in total. The highest BCUT2D eigenvalue weighted by atomic mass is 35.5. The average molecular weight is 336 g/mol. The van der Waals surface area contributed by atoms with Gasteiger partial charge in [-0.2, -0.15) is 5.10 Å². The number of hydrogen-bond acceptors (Lipinski definition) is 3. The van der Waals surface area contributed by atoms with Crippen molar-refractivity contribution in [2.24, 2.45) is 11.0 Å². The van der Waals surface area contributed by atoms with Crippen molar-refractivity contribution < 1.29 is 4.79 Å². The molecule has 0 spiro atoms.